The number of aliphatic hydroxyl groups excluding tert-OH is 9. The average molecular weight is 1130 g/mol. The largest absolute Gasteiger partial charge is 0.469 e. The summed E-state index contributed by atoms with van der Waals surface area (Å²) in [6.07, 6.45) is 2.76. The first kappa shape index (κ1) is 67.4. The maximum Gasteiger partial charge on any atom is 0.313 e. The molecule has 0 aliphatic carbocycles. The lowest BCUT2D eigenvalue weighted by Gasteiger charge is -2.45. The maximum atomic E-state index is 13.3. The van der Waals surface area contributed by atoms with Gasteiger partial charge >= 0.3 is 11.9 Å². The number of allylic oxidation sites excluding steroid dienone is 12. The van der Waals surface area contributed by atoms with E-state index in [1.807, 2.05) is 19.9 Å². The number of aliphatic hydroxyl groups is 10. The predicted octanol–water partition coefficient (Wildman–Crippen LogP) is 2.37. The fourth-order valence-electron chi connectivity index (χ4n) is 10.0. The molecule has 446 valence electrons. The molecule has 2 fully saturated rings. The van der Waals surface area contributed by atoms with Gasteiger partial charge in [-0.1, -0.05) is 98.9 Å². The number of benzene rings is 1. The van der Waals surface area contributed by atoms with Gasteiger partial charge in [-0.3, -0.25) is 19.2 Å². The van der Waals surface area contributed by atoms with Gasteiger partial charge in [-0.15, -0.1) is 0 Å². The Hall–Kier alpha value is -5.08. The Bertz CT molecular complexity index is 2300. The second-order valence-electron chi connectivity index (χ2n) is 21.4. The summed E-state index contributed by atoms with van der Waals surface area (Å²) in [5, 5.41) is 109. The number of anilines is 1. The van der Waals surface area contributed by atoms with Crippen LogP contribution in [0, 0.1) is 17.8 Å². The van der Waals surface area contributed by atoms with Crippen molar-refractivity contribution in [2.75, 3.05) is 12.8 Å². The average Bonchev–Trinajstić information content (AvgIpc) is 3.48. The number of carbonyl (C=O) groups excluding carboxylic acids is 4. The SMILES string of the molecule is COC(=O)C1C(O)CC2(O)CC(O)CC(O)CC(O)CC(O)CC(=O)CC(O)CC(=O)OC(C(C)CCC(O)CC(=O)c3ccc(N)cc3)C(C)\C=C/C=C/C=C/C=C/C=C/C=C/C=C/C(O[C@@H]3O[C@H](C)[C@@H](O)[C@H](N)[C@@H]3O)CC1O2. The van der Waals surface area contributed by atoms with Crippen LogP contribution in [0.15, 0.2) is 109 Å². The number of Topliss-reactive ketones (excluding diaryl/α,β-unsaturated/α-hetero) is 2. The van der Waals surface area contributed by atoms with Crippen molar-refractivity contribution in [1.29, 1.82) is 0 Å². The van der Waals surface area contributed by atoms with Gasteiger partial charge in [-0.2, -0.15) is 0 Å². The standard InChI is InChI=1S/C59H86N2O19/c1-35-17-15-13-11-9-7-5-6-8-10-12-14-16-18-47(78-58-55(73)53(61)54(72)37(3)77-58)32-50-52(57(74)76-4)49(70)34-59(75,80-50)33-46(68)29-44(66)27-42(64)25-41(63)26-43(65)28-45(67)31-51(71)79-56(35)36(2)19-24-40(62)30-48(69)38-20-22-39(60)23-21-38/h5-18,20-23,35-37,40-42,44-47,49-50,52-56,58,62-64,66-68,70,72-73,75H,19,24-34,60-61H2,1-4H3/b6-5+,9-7+,10-8+,13-11+,14-12+,17-15-,18-16+/t35?,36?,37-,40?,41?,42?,44?,45?,46?,47?,49?,50?,52?,53+,54-,55+,56?,58+,59?/m1/s1. The highest BCUT2D eigenvalue weighted by Gasteiger charge is 2.51. The summed E-state index contributed by atoms with van der Waals surface area (Å²) in [5.74, 6) is -6.91. The lowest BCUT2D eigenvalue weighted by Crippen LogP contribution is -2.61. The predicted molar refractivity (Wildman–Crippen MR) is 294 cm³/mol. The van der Waals surface area contributed by atoms with E-state index in [0.717, 1.165) is 7.11 Å². The number of hydrogen-bond donors (Lipinski definition) is 12. The van der Waals surface area contributed by atoms with Gasteiger partial charge in [0.15, 0.2) is 17.9 Å². The first-order valence-electron chi connectivity index (χ1n) is 27.3. The molecular formula is C59H86N2O19. The third-order valence-electron chi connectivity index (χ3n) is 14.3. The molecule has 2 bridgehead atoms. The van der Waals surface area contributed by atoms with Crippen LogP contribution in [0.3, 0.4) is 0 Å². The minimum atomic E-state index is -2.29. The van der Waals surface area contributed by atoms with E-state index >= 15 is 0 Å². The van der Waals surface area contributed by atoms with Crippen LogP contribution >= 0.6 is 0 Å². The van der Waals surface area contributed by atoms with E-state index in [1.54, 1.807) is 110 Å². The van der Waals surface area contributed by atoms with E-state index in [4.69, 9.17) is 35.2 Å². The minimum absolute atomic E-state index is 0.126. The highest BCUT2D eigenvalue weighted by molar-refractivity contribution is 5.96. The van der Waals surface area contributed by atoms with E-state index < -0.39 is 160 Å². The topological polar surface area (TPSA) is 369 Å². The third kappa shape index (κ3) is 23.0. The van der Waals surface area contributed by atoms with Gasteiger partial charge in [0.1, 0.15) is 23.9 Å². The fourth-order valence-corrected chi connectivity index (χ4v) is 10.0. The van der Waals surface area contributed by atoms with Gasteiger partial charge in [0, 0.05) is 55.7 Å². The Morgan fingerprint density at radius 3 is 1.86 bits per heavy atom. The zero-order valence-electron chi connectivity index (χ0n) is 46.1. The van der Waals surface area contributed by atoms with E-state index in [2.05, 4.69) is 0 Å². The molecule has 21 heteroatoms. The zero-order valence-corrected chi connectivity index (χ0v) is 46.1. The summed E-state index contributed by atoms with van der Waals surface area (Å²) in [6, 6.07) is 5.24. The molecule has 14 unspecified atom stereocenters. The van der Waals surface area contributed by atoms with Crippen LogP contribution in [0.5, 0.6) is 0 Å². The molecule has 0 amide bonds. The van der Waals surface area contributed by atoms with E-state index in [9.17, 15) is 70.2 Å². The lowest BCUT2D eigenvalue weighted by atomic mass is 9.82. The molecule has 14 N–H and O–H groups in total. The van der Waals surface area contributed by atoms with Gasteiger partial charge < -0.3 is 86.2 Å². The van der Waals surface area contributed by atoms with Crippen LogP contribution in [-0.4, -0.2) is 179 Å². The van der Waals surface area contributed by atoms with Crippen LogP contribution in [0.2, 0.25) is 0 Å². The number of esters is 2. The molecule has 3 aliphatic rings. The van der Waals surface area contributed by atoms with Crippen molar-refractivity contribution in [2.45, 2.75) is 195 Å². The second-order valence-corrected chi connectivity index (χ2v) is 21.4. The molecular weight excluding hydrogens is 1040 g/mol. The Morgan fingerprint density at radius 1 is 0.713 bits per heavy atom. The number of ketones is 2. The summed E-state index contributed by atoms with van der Waals surface area (Å²) in [5.41, 5.74) is 12.7. The molecule has 4 rings (SSSR count). The van der Waals surface area contributed by atoms with E-state index in [1.165, 1.54) is 0 Å². The van der Waals surface area contributed by atoms with E-state index in [-0.39, 0.29) is 49.7 Å². The van der Waals surface area contributed by atoms with Crippen LogP contribution in [0.1, 0.15) is 108 Å². The highest BCUT2D eigenvalue weighted by Crippen LogP contribution is 2.39. The molecule has 80 heavy (non-hydrogen) atoms. The number of methoxy groups -OCH3 is 1. The van der Waals surface area contributed by atoms with Crippen LogP contribution < -0.4 is 11.5 Å². The summed E-state index contributed by atoms with van der Waals surface area (Å²) in [6.45, 7) is 5.23. The number of carbonyl (C=O) groups is 4. The quantitative estimate of drug-likeness (QED) is 0.0909. The third-order valence-corrected chi connectivity index (χ3v) is 14.3. The Balaban J connectivity index is 1.55. The number of ether oxygens (including phenoxy) is 5. The number of hydrogen-bond acceptors (Lipinski definition) is 21. The molecule has 2 saturated heterocycles. The van der Waals surface area contributed by atoms with Gasteiger partial charge in [-0.25, -0.2) is 0 Å². The lowest BCUT2D eigenvalue weighted by molar-refractivity contribution is -0.308. The van der Waals surface area contributed by atoms with Crippen LogP contribution in [0.25, 0.3) is 0 Å². The van der Waals surface area contributed by atoms with Crippen molar-refractivity contribution in [3.05, 3.63) is 115 Å². The number of fused-ring (bicyclic) bond motifs is 2. The van der Waals surface area contributed by atoms with Gasteiger partial charge in [0.05, 0.1) is 86.7 Å². The molecule has 1 aromatic rings. The summed E-state index contributed by atoms with van der Waals surface area (Å²) >= 11 is 0. The molecule has 0 radical (unpaired) electrons. The molecule has 21 nitrogen and oxygen atoms in total. The van der Waals surface area contributed by atoms with Gasteiger partial charge in [0.2, 0.25) is 0 Å². The monoisotopic (exact) mass is 1130 g/mol. The number of nitrogens with two attached hydrogens (primary N) is 2. The first-order chi connectivity index (χ1) is 37.9. The highest BCUT2D eigenvalue weighted by atomic mass is 16.7. The smallest absolute Gasteiger partial charge is 0.313 e. The zero-order chi connectivity index (χ0) is 59.1. The van der Waals surface area contributed by atoms with Crippen molar-refractivity contribution in [3.63, 3.8) is 0 Å². The van der Waals surface area contributed by atoms with Gasteiger partial charge in [0.25, 0.3) is 0 Å². The van der Waals surface area contributed by atoms with E-state index in [0.29, 0.717) is 17.7 Å². The first-order valence-corrected chi connectivity index (χ1v) is 27.3. The second kappa shape index (κ2) is 33.7. The normalized spacial score (nSPS) is 38.0. The van der Waals surface area contributed by atoms with Crippen LogP contribution in [0.4, 0.5) is 5.69 Å². The molecule has 1 aromatic carbocycles. The van der Waals surface area contributed by atoms with Crippen molar-refractivity contribution < 1.29 is 93.9 Å². The maximum absolute atomic E-state index is 13.3. The Kier molecular flexibility index (Phi) is 28.4. The minimum Gasteiger partial charge on any atom is -0.469 e. The summed E-state index contributed by atoms with van der Waals surface area (Å²) < 4.78 is 28.9. The summed E-state index contributed by atoms with van der Waals surface area (Å²) in [4.78, 5) is 52.2. The van der Waals surface area contributed by atoms with Crippen molar-refractivity contribution in [3.8, 4) is 0 Å². The fraction of sp³-hybridized carbons (Fsp3) is 0.593. The van der Waals surface area contributed by atoms with Gasteiger partial charge in [-0.05, 0) is 69.2 Å². The Morgan fingerprint density at radius 2 is 1.26 bits per heavy atom. The molecule has 3 heterocycles. The molecule has 0 saturated carbocycles. The van der Waals surface area contributed by atoms with Crippen LogP contribution in [-0.2, 0) is 38.1 Å². The molecule has 19 atom stereocenters. The Labute approximate surface area is 468 Å². The van der Waals surface area contributed by atoms with Crippen molar-refractivity contribution in [1.82, 2.24) is 0 Å². The number of rotatable bonds is 10. The molecule has 3 aliphatic heterocycles. The number of cyclic esters (lactones) is 1. The molecule has 0 aromatic heterocycles. The molecule has 0 spiro atoms. The van der Waals surface area contributed by atoms with Crippen molar-refractivity contribution in [2.24, 2.45) is 23.5 Å². The number of nitrogen functional groups attached to an aromatic ring is 1. The van der Waals surface area contributed by atoms with Crippen molar-refractivity contribution >= 4 is 29.2 Å². The summed E-state index contributed by atoms with van der Waals surface area (Å²) in [7, 11) is 1.11.